The zero-order chi connectivity index (χ0) is 14.3. The molecule has 0 aliphatic heterocycles. The molecule has 1 radical (unpaired) electrons. The fourth-order valence-corrected chi connectivity index (χ4v) is 2.21. The SMILES string of the molecule is CC(C)c1ccc([O])c(-n2nc3ccc(Cl)cc3n2)c1. The van der Waals surface area contributed by atoms with Gasteiger partial charge in [0.1, 0.15) is 16.7 Å². The predicted octanol–water partition coefficient (Wildman–Crippen LogP) is 4.34. The van der Waals surface area contributed by atoms with Crippen LogP contribution in [0.25, 0.3) is 16.7 Å². The molecule has 3 rings (SSSR count). The van der Waals surface area contributed by atoms with Gasteiger partial charge in [0.25, 0.3) is 0 Å². The smallest absolute Gasteiger partial charge is 0.206 e. The predicted molar refractivity (Wildman–Crippen MR) is 78.1 cm³/mol. The number of halogens is 1. The van der Waals surface area contributed by atoms with Crippen molar-refractivity contribution >= 4 is 22.6 Å². The third-order valence-corrected chi connectivity index (χ3v) is 3.44. The van der Waals surface area contributed by atoms with Gasteiger partial charge in [-0.15, -0.1) is 15.0 Å². The van der Waals surface area contributed by atoms with E-state index < -0.39 is 0 Å². The first kappa shape index (κ1) is 12.9. The monoisotopic (exact) mass is 286 g/mol. The van der Waals surface area contributed by atoms with Crippen LogP contribution in [0.4, 0.5) is 0 Å². The van der Waals surface area contributed by atoms with E-state index in [-0.39, 0.29) is 5.75 Å². The molecule has 0 saturated carbocycles. The van der Waals surface area contributed by atoms with Gasteiger partial charge in [0.05, 0.1) is 0 Å². The van der Waals surface area contributed by atoms with E-state index in [1.165, 1.54) is 4.80 Å². The fraction of sp³-hybridized carbons (Fsp3) is 0.200. The van der Waals surface area contributed by atoms with Gasteiger partial charge in [-0.3, -0.25) is 5.11 Å². The highest BCUT2D eigenvalue weighted by molar-refractivity contribution is 6.31. The molecule has 0 amide bonds. The Morgan fingerprint density at radius 1 is 1.05 bits per heavy atom. The standard InChI is InChI=1S/C15H13ClN3O/c1-9(2)10-3-6-15(20)14(7-10)19-17-12-5-4-11(16)8-13(12)18-19/h3-9H,1-2H3. The van der Waals surface area contributed by atoms with Crippen LogP contribution in [0.1, 0.15) is 25.3 Å². The number of hydrogen-bond acceptors (Lipinski definition) is 2. The summed E-state index contributed by atoms with van der Waals surface area (Å²) in [5.74, 6) is 0.245. The molecule has 3 aromatic rings. The molecule has 0 spiro atoms. The molecule has 0 N–H and O–H groups in total. The molecular formula is C15H13ClN3O. The normalized spacial score (nSPS) is 11.4. The van der Waals surface area contributed by atoms with Crippen molar-refractivity contribution in [2.75, 3.05) is 0 Å². The van der Waals surface area contributed by atoms with Crippen molar-refractivity contribution < 1.29 is 5.11 Å². The number of hydrogen-bond donors (Lipinski definition) is 0. The van der Waals surface area contributed by atoms with Gasteiger partial charge in [0.15, 0.2) is 0 Å². The first-order valence-electron chi connectivity index (χ1n) is 6.38. The lowest BCUT2D eigenvalue weighted by Crippen LogP contribution is -2.00. The average Bonchev–Trinajstić information content (AvgIpc) is 2.81. The average molecular weight is 287 g/mol. The van der Waals surface area contributed by atoms with Gasteiger partial charge < -0.3 is 0 Å². The minimum absolute atomic E-state index is 0.0965. The van der Waals surface area contributed by atoms with Crippen LogP contribution in [0.3, 0.4) is 0 Å². The van der Waals surface area contributed by atoms with E-state index in [4.69, 9.17) is 11.6 Å². The summed E-state index contributed by atoms with van der Waals surface area (Å²) in [6, 6.07) is 10.5. The molecule has 20 heavy (non-hydrogen) atoms. The maximum absolute atomic E-state index is 12.0. The first-order chi connectivity index (χ1) is 9.54. The summed E-state index contributed by atoms with van der Waals surface area (Å²) in [7, 11) is 0. The lowest BCUT2D eigenvalue weighted by Gasteiger charge is -2.07. The summed E-state index contributed by atoms with van der Waals surface area (Å²) in [6.07, 6.45) is 0. The van der Waals surface area contributed by atoms with Crippen LogP contribution >= 0.6 is 11.6 Å². The van der Waals surface area contributed by atoms with E-state index in [1.54, 1.807) is 24.3 Å². The van der Waals surface area contributed by atoms with Crippen LogP contribution in [0.5, 0.6) is 5.75 Å². The maximum Gasteiger partial charge on any atom is 0.206 e. The van der Waals surface area contributed by atoms with Crippen molar-refractivity contribution in [3.8, 4) is 11.4 Å². The molecule has 0 unspecified atom stereocenters. The van der Waals surface area contributed by atoms with Crippen molar-refractivity contribution in [1.29, 1.82) is 0 Å². The minimum atomic E-state index is -0.0965. The van der Waals surface area contributed by atoms with Gasteiger partial charge in [-0.25, -0.2) is 0 Å². The zero-order valence-corrected chi connectivity index (χ0v) is 11.9. The lowest BCUT2D eigenvalue weighted by molar-refractivity contribution is 0.351. The molecule has 0 fully saturated rings. The van der Waals surface area contributed by atoms with Crippen LogP contribution < -0.4 is 0 Å². The van der Waals surface area contributed by atoms with E-state index >= 15 is 0 Å². The zero-order valence-electron chi connectivity index (χ0n) is 11.2. The molecule has 0 atom stereocenters. The summed E-state index contributed by atoms with van der Waals surface area (Å²) >= 11 is 5.93. The highest BCUT2D eigenvalue weighted by Crippen LogP contribution is 2.27. The second-order valence-corrected chi connectivity index (χ2v) is 5.44. The molecule has 0 bridgehead atoms. The molecule has 1 aromatic heterocycles. The Kier molecular flexibility index (Phi) is 3.10. The van der Waals surface area contributed by atoms with Gasteiger partial charge in [-0.05, 0) is 41.8 Å². The number of aromatic nitrogens is 3. The van der Waals surface area contributed by atoms with Crippen molar-refractivity contribution in [2.24, 2.45) is 0 Å². The highest BCUT2D eigenvalue weighted by Gasteiger charge is 2.12. The molecular weight excluding hydrogens is 274 g/mol. The van der Waals surface area contributed by atoms with E-state index in [9.17, 15) is 5.11 Å². The van der Waals surface area contributed by atoms with E-state index in [0.29, 0.717) is 27.7 Å². The molecule has 5 heteroatoms. The van der Waals surface area contributed by atoms with Crippen LogP contribution in [0, 0.1) is 0 Å². The molecule has 4 nitrogen and oxygen atoms in total. The Bertz CT molecular complexity index is 780. The van der Waals surface area contributed by atoms with Crippen LogP contribution in [0.2, 0.25) is 5.02 Å². The van der Waals surface area contributed by atoms with Gasteiger partial charge in [-0.1, -0.05) is 31.5 Å². The summed E-state index contributed by atoms with van der Waals surface area (Å²) in [5, 5.41) is 21.3. The summed E-state index contributed by atoms with van der Waals surface area (Å²) < 4.78 is 0. The van der Waals surface area contributed by atoms with Gasteiger partial charge in [0.2, 0.25) is 5.75 Å². The van der Waals surface area contributed by atoms with E-state index in [2.05, 4.69) is 24.0 Å². The lowest BCUT2D eigenvalue weighted by atomic mass is 10.0. The summed E-state index contributed by atoms with van der Waals surface area (Å²) in [4.78, 5) is 1.38. The van der Waals surface area contributed by atoms with Crippen molar-refractivity contribution in [3.63, 3.8) is 0 Å². The number of rotatable bonds is 2. The van der Waals surface area contributed by atoms with Crippen LogP contribution in [-0.4, -0.2) is 15.0 Å². The minimum Gasteiger partial charge on any atom is -0.287 e. The highest BCUT2D eigenvalue weighted by atomic mass is 35.5. The summed E-state index contributed by atoms with van der Waals surface area (Å²) in [5.41, 5.74) is 2.93. The van der Waals surface area contributed by atoms with Gasteiger partial charge >= 0.3 is 0 Å². The number of nitrogens with zero attached hydrogens (tertiary/aromatic N) is 3. The molecule has 0 aliphatic carbocycles. The van der Waals surface area contributed by atoms with Gasteiger partial charge in [-0.2, -0.15) is 0 Å². The van der Waals surface area contributed by atoms with Gasteiger partial charge in [0, 0.05) is 5.02 Å². The Hall–Kier alpha value is -2.07. The maximum atomic E-state index is 12.0. The van der Waals surface area contributed by atoms with E-state index in [1.807, 2.05) is 12.1 Å². The van der Waals surface area contributed by atoms with Crippen LogP contribution in [-0.2, 0) is 5.11 Å². The summed E-state index contributed by atoms with van der Waals surface area (Å²) in [6.45, 7) is 4.16. The Morgan fingerprint density at radius 3 is 2.55 bits per heavy atom. The third-order valence-electron chi connectivity index (χ3n) is 3.21. The van der Waals surface area contributed by atoms with Crippen molar-refractivity contribution in [2.45, 2.75) is 19.8 Å². The number of fused-ring (bicyclic) bond motifs is 1. The van der Waals surface area contributed by atoms with Crippen molar-refractivity contribution in [3.05, 3.63) is 47.0 Å². The van der Waals surface area contributed by atoms with Crippen molar-refractivity contribution in [1.82, 2.24) is 15.0 Å². The second kappa shape index (κ2) is 4.80. The molecule has 0 saturated heterocycles. The largest absolute Gasteiger partial charge is 0.287 e. The fourth-order valence-electron chi connectivity index (χ4n) is 2.05. The van der Waals surface area contributed by atoms with E-state index in [0.717, 1.165) is 5.56 Å². The first-order valence-corrected chi connectivity index (χ1v) is 6.76. The topological polar surface area (TPSA) is 50.6 Å². The Morgan fingerprint density at radius 2 is 1.80 bits per heavy atom. The molecule has 0 aliphatic rings. The molecule has 1 heterocycles. The third kappa shape index (κ3) is 2.23. The molecule has 2 aromatic carbocycles. The quantitative estimate of drug-likeness (QED) is 0.703. The van der Waals surface area contributed by atoms with Crippen LogP contribution in [0.15, 0.2) is 36.4 Å². The Labute approximate surface area is 121 Å². The molecule has 101 valence electrons. The second-order valence-electron chi connectivity index (χ2n) is 5.00. The number of benzene rings is 2. The Balaban J connectivity index is 2.17.